The average Bonchev–Trinajstić information content (AvgIpc) is 3.24. The number of rotatable bonds is 2. The van der Waals surface area contributed by atoms with E-state index in [0.29, 0.717) is 31.9 Å². The van der Waals surface area contributed by atoms with Gasteiger partial charge in [-0.15, -0.1) is 0 Å². The minimum absolute atomic E-state index is 0.168. The van der Waals surface area contributed by atoms with Crippen LogP contribution < -0.4 is 5.32 Å². The zero-order chi connectivity index (χ0) is 15.7. The van der Waals surface area contributed by atoms with Gasteiger partial charge in [-0.1, -0.05) is 0 Å². The fraction of sp³-hybridized carbons (Fsp3) is 0.533. The highest BCUT2D eigenvalue weighted by atomic mass is 16.3. The summed E-state index contributed by atoms with van der Waals surface area (Å²) >= 11 is 0. The second-order valence-electron chi connectivity index (χ2n) is 5.76. The van der Waals surface area contributed by atoms with Crippen LogP contribution in [0, 0.1) is 6.92 Å². The van der Waals surface area contributed by atoms with Gasteiger partial charge in [0.2, 0.25) is 0 Å². The summed E-state index contributed by atoms with van der Waals surface area (Å²) in [5.41, 5.74) is 0.798. The van der Waals surface area contributed by atoms with Gasteiger partial charge in [0.1, 0.15) is 0 Å². The van der Waals surface area contributed by atoms with Crippen molar-refractivity contribution in [2.75, 3.05) is 26.2 Å². The summed E-state index contributed by atoms with van der Waals surface area (Å²) in [4.78, 5) is 39.2. The molecule has 1 N–H and O–H groups in total. The van der Waals surface area contributed by atoms with Gasteiger partial charge in [-0.2, -0.15) is 0 Å². The van der Waals surface area contributed by atoms with Gasteiger partial charge in [0, 0.05) is 37.8 Å². The molecule has 2 aliphatic rings. The second-order valence-corrected chi connectivity index (χ2v) is 5.76. The Hall–Kier alpha value is -2.31. The third-order valence-corrected chi connectivity index (χ3v) is 4.02. The van der Waals surface area contributed by atoms with Crippen LogP contribution in [-0.4, -0.2) is 59.7 Å². The first-order valence-electron chi connectivity index (χ1n) is 7.49. The van der Waals surface area contributed by atoms with E-state index >= 15 is 0 Å². The fourth-order valence-electron chi connectivity index (χ4n) is 2.47. The SMILES string of the molecule is Cc1ccoc1C(=O)N1CCN(C(=O)C(=O)NC2CC2)CC1. The summed E-state index contributed by atoms with van der Waals surface area (Å²) in [6, 6.07) is 1.91. The van der Waals surface area contributed by atoms with Gasteiger partial charge < -0.3 is 19.5 Å². The second kappa shape index (κ2) is 5.82. The van der Waals surface area contributed by atoms with Gasteiger partial charge in [0.05, 0.1) is 6.26 Å². The maximum Gasteiger partial charge on any atom is 0.312 e. The summed E-state index contributed by atoms with van der Waals surface area (Å²) in [5, 5.41) is 2.69. The lowest BCUT2D eigenvalue weighted by Gasteiger charge is -2.34. The van der Waals surface area contributed by atoms with Crippen molar-refractivity contribution in [2.24, 2.45) is 0 Å². The maximum absolute atomic E-state index is 12.3. The molecule has 0 unspecified atom stereocenters. The van der Waals surface area contributed by atoms with Gasteiger partial charge in [0.25, 0.3) is 5.91 Å². The van der Waals surface area contributed by atoms with Gasteiger partial charge in [-0.05, 0) is 25.8 Å². The third kappa shape index (κ3) is 2.98. The molecule has 1 aromatic heterocycles. The van der Waals surface area contributed by atoms with E-state index in [4.69, 9.17) is 4.42 Å². The summed E-state index contributed by atoms with van der Waals surface area (Å²) in [5.74, 6) is -0.874. The highest BCUT2D eigenvalue weighted by molar-refractivity contribution is 6.35. The van der Waals surface area contributed by atoms with E-state index in [-0.39, 0.29) is 11.9 Å². The van der Waals surface area contributed by atoms with E-state index in [1.807, 2.05) is 6.92 Å². The predicted octanol–water partition coefficient (Wildman–Crippen LogP) is 0.151. The molecule has 3 rings (SSSR count). The Kier molecular flexibility index (Phi) is 3.87. The van der Waals surface area contributed by atoms with Crippen molar-refractivity contribution in [3.63, 3.8) is 0 Å². The van der Waals surface area contributed by atoms with Crippen LogP contribution in [0.4, 0.5) is 0 Å². The fourth-order valence-corrected chi connectivity index (χ4v) is 2.47. The summed E-state index contributed by atoms with van der Waals surface area (Å²) in [6.45, 7) is 3.35. The molecule has 2 heterocycles. The Balaban J connectivity index is 1.53. The zero-order valence-electron chi connectivity index (χ0n) is 12.5. The minimum atomic E-state index is -0.538. The Morgan fingerprint density at radius 2 is 1.77 bits per heavy atom. The van der Waals surface area contributed by atoms with Crippen LogP contribution >= 0.6 is 0 Å². The molecule has 0 radical (unpaired) electrons. The molecular formula is C15H19N3O4. The first-order valence-corrected chi connectivity index (χ1v) is 7.49. The number of carbonyl (C=O) groups excluding carboxylic acids is 3. The number of nitrogens with one attached hydrogen (secondary N) is 1. The summed E-state index contributed by atoms with van der Waals surface area (Å²) in [7, 11) is 0. The van der Waals surface area contributed by atoms with Crippen molar-refractivity contribution < 1.29 is 18.8 Å². The van der Waals surface area contributed by atoms with Crippen molar-refractivity contribution >= 4 is 17.7 Å². The van der Waals surface area contributed by atoms with Crippen molar-refractivity contribution in [2.45, 2.75) is 25.8 Å². The molecule has 0 aromatic carbocycles. The minimum Gasteiger partial charge on any atom is -0.459 e. The monoisotopic (exact) mass is 305 g/mol. The summed E-state index contributed by atoms with van der Waals surface area (Å²) < 4.78 is 5.21. The predicted molar refractivity (Wildman–Crippen MR) is 77.1 cm³/mol. The van der Waals surface area contributed by atoms with Crippen LogP contribution in [0.25, 0.3) is 0 Å². The van der Waals surface area contributed by atoms with Gasteiger partial charge in [-0.25, -0.2) is 0 Å². The molecule has 1 aliphatic heterocycles. The number of piperazine rings is 1. The molecular weight excluding hydrogens is 286 g/mol. The highest BCUT2D eigenvalue weighted by Crippen LogP contribution is 2.18. The Bertz CT molecular complexity index is 598. The van der Waals surface area contributed by atoms with E-state index in [0.717, 1.165) is 18.4 Å². The van der Waals surface area contributed by atoms with E-state index in [1.165, 1.54) is 11.2 Å². The number of furan rings is 1. The quantitative estimate of drug-likeness (QED) is 0.789. The number of aryl methyl sites for hydroxylation is 1. The molecule has 1 saturated carbocycles. The number of amides is 3. The topological polar surface area (TPSA) is 82.9 Å². The van der Waals surface area contributed by atoms with E-state index in [2.05, 4.69) is 5.32 Å². The summed E-state index contributed by atoms with van der Waals surface area (Å²) in [6.07, 6.45) is 3.39. The van der Waals surface area contributed by atoms with Crippen molar-refractivity contribution in [1.29, 1.82) is 0 Å². The molecule has 1 saturated heterocycles. The van der Waals surface area contributed by atoms with Crippen LogP contribution in [0.5, 0.6) is 0 Å². The lowest BCUT2D eigenvalue weighted by atomic mass is 10.2. The number of hydrogen-bond acceptors (Lipinski definition) is 4. The molecule has 3 amide bonds. The molecule has 22 heavy (non-hydrogen) atoms. The smallest absolute Gasteiger partial charge is 0.312 e. The van der Waals surface area contributed by atoms with E-state index < -0.39 is 11.8 Å². The van der Waals surface area contributed by atoms with Crippen LogP contribution in [0.1, 0.15) is 29.0 Å². The van der Waals surface area contributed by atoms with Crippen LogP contribution in [0.2, 0.25) is 0 Å². The largest absolute Gasteiger partial charge is 0.459 e. The van der Waals surface area contributed by atoms with Gasteiger partial charge >= 0.3 is 11.8 Å². The van der Waals surface area contributed by atoms with E-state index in [9.17, 15) is 14.4 Å². The standard InChI is InChI=1S/C15H19N3O4/c1-10-4-9-22-12(10)14(20)17-5-7-18(8-6-17)15(21)13(19)16-11-2-3-11/h4,9,11H,2-3,5-8H2,1H3,(H,16,19). The molecule has 0 bridgehead atoms. The van der Waals surface area contributed by atoms with Gasteiger partial charge in [-0.3, -0.25) is 14.4 Å². The molecule has 1 aliphatic carbocycles. The number of nitrogens with zero attached hydrogens (tertiary/aromatic N) is 2. The third-order valence-electron chi connectivity index (χ3n) is 4.02. The normalized spacial score (nSPS) is 18.2. The Morgan fingerprint density at radius 1 is 1.14 bits per heavy atom. The first kappa shape index (κ1) is 14.6. The molecule has 0 atom stereocenters. The lowest BCUT2D eigenvalue weighted by Crippen LogP contribution is -2.54. The van der Waals surface area contributed by atoms with Crippen LogP contribution in [0.15, 0.2) is 16.7 Å². The van der Waals surface area contributed by atoms with Gasteiger partial charge in [0.15, 0.2) is 5.76 Å². The Morgan fingerprint density at radius 3 is 2.32 bits per heavy atom. The van der Waals surface area contributed by atoms with E-state index in [1.54, 1.807) is 11.0 Å². The molecule has 7 nitrogen and oxygen atoms in total. The van der Waals surface area contributed by atoms with Crippen LogP contribution in [-0.2, 0) is 9.59 Å². The number of hydrogen-bond donors (Lipinski definition) is 1. The molecule has 0 spiro atoms. The lowest BCUT2D eigenvalue weighted by molar-refractivity contribution is -0.146. The number of carbonyl (C=O) groups is 3. The van der Waals surface area contributed by atoms with Crippen molar-refractivity contribution in [3.8, 4) is 0 Å². The maximum atomic E-state index is 12.3. The molecule has 118 valence electrons. The highest BCUT2D eigenvalue weighted by Gasteiger charge is 2.32. The average molecular weight is 305 g/mol. The zero-order valence-corrected chi connectivity index (χ0v) is 12.5. The Labute approximate surface area is 128 Å². The molecule has 2 fully saturated rings. The molecule has 7 heteroatoms. The van der Waals surface area contributed by atoms with Crippen molar-refractivity contribution in [3.05, 3.63) is 23.7 Å². The van der Waals surface area contributed by atoms with Crippen LogP contribution in [0.3, 0.4) is 0 Å². The first-order chi connectivity index (χ1) is 10.6. The van der Waals surface area contributed by atoms with Crippen molar-refractivity contribution in [1.82, 2.24) is 15.1 Å². The molecule has 1 aromatic rings.